The maximum Gasteiger partial charge on any atom is 0.142 e. The second kappa shape index (κ2) is 5.38. The molecule has 1 aliphatic heterocycles. The molecule has 0 radical (unpaired) electrons. The Labute approximate surface area is 127 Å². The van der Waals surface area contributed by atoms with Crippen molar-refractivity contribution in [2.45, 2.75) is 12.8 Å². The lowest BCUT2D eigenvalue weighted by molar-refractivity contribution is 0.169. The molecule has 0 bridgehead atoms. The van der Waals surface area contributed by atoms with Crippen LogP contribution < -0.4 is 4.74 Å². The summed E-state index contributed by atoms with van der Waals surface area (Å²) in [5.74, 6) is 0.355. The molecule has 0 saturated carbocycles. The van der Waals surface area contributed by atoms with Crippen molar-refractivity contribution in [3.63, 3.8) is 0 Å². The van der Waals surface area contributed by atoms with Gasteiger partial charge in [-0.15, -0.1) is 0 Å². The fourth-order valence-electron chi connectivity index (χ4n) is 2.70. The molecule has 0 amide bonds. The second-order valence-corrected chi connectivity index (χ2v) is 5.73. The third kappa shape index (κ3) is 2.59. The van der Waals surface area contributed by atoms with Crippen molar-refractivity contribution >= 4 is 11.6 Å². The third-order valence-corrected chi connectivity index (χ3v) is 4.23. The number of halogens is 2. The minimum Gasteiger partial charge on any atom is -0.492 e. The number of nitrogens with zero attached hydrogens (tertiary/aromatic N) is 1. The molecule has 1 heterocycles. The topological polar surface area (TPSA) is 33.0 Å². The first-order valence-electron chi connectivity index (χ1n) is 6.68. The molecule has 2 nitrogen and oxygen atoms in total. The van der Waals surface area contributed by atoms with E-state index >= 15 is 0 Å². The fourth-order valence-corrected chi connectivity index (χ4v) is 2.89. The normalized spacial score (nSPS) is 20.2. The first-order valence-corrected chi connectivity index (χ1v) is 7.06. The van der Waals surface area contributed by atoms with E-state index in [2.05, 4.69) is 6.07 Å². The van der Waals surface area contributed by atoms with Crippen LogP contribution in [0.2, 0.25) is 5.02 Å². The predicted molar refractivity (Wildman–Crippen MR) is 78.8 cm³/mol. The maximum absolute atomic E-state index is 13.6. The third-order valence-electron chi connectivity index (χ3n) is 3.80. The zero-order valence-corrected chi connectivity index (χ0v) is 12.0. The van der Waals surface area contributed by atoms with Gasteiger partial charge in [0.05, 0.1) is 16.5 Å². The lowest BCUT2D eigenvalue weighted by atomic mass is 9.77. The van der Waals surface area contributed by atoms with Gasteiger partial charge in [-0.25, -0.2) is 4.39 Å². The van der Waals surface area contributed by atoms with Gasteiger partial charge in [0.25, 0.3) is 0 Å². The summed E-state index contributed by atoms with van der Waals surface area (Å²) in [6.45, 7) is 0.285. The van der Waals surface area contributed by atoms with Crippen LogP contribution in [0.25, 0.3) is 0 Å². The number of rotatable bonds is 2. The predicted octanol–water partition coefficient (Wildman–Crippen LogP) is 4.17. The number of hydrogen-bond acceptors (Lipinski definition) is 2. The molecule has 2 aromatic carbocycles. The summed E-state index contributed by atoms with van der Waals surface area (Å²) in [4.78, 5) is 0. The number of nitriles is 1. The molecule has 2 aromatic rings. The Bertz CT molecular complexity index is 725. The van der Waals surface area contributed by atoms with Crippen LogP contribution in [0.1, 0.15) is 11.1 Å². The lowest BCUT2D eigenvalue weighted by Gasteiger charge is -2.32. The highest BCUT2D eigenvalue weighted by atomic mass is 35.5. The van der Waals surface area contributed by atoms with Crippen LogP contribution in [0.5, 0.6) is 5.75 Å². The van der Waals surface area contributed by atoms with Crippen LogP contribution in [0.15, 0.2) is 42.5 Å². The summed E-state index contributed by atoms with van der Waals surface area (Å²) in [6.07, 6.45) is 0.945. The standard InChI is InChI=1S/C17H13ClFNO/c18-16-13(5-3-6-14(16)19)9-17(10-20)8-12-4-1-2-7-15(12)21-11-17/h1-7H,8-9,11H2. The molecule has 0 N–H and O–H groups in total. The Hall–Kier alpha value is -2.05. The summed E-state index contributed by atoms with van der Waals surface area (Å²) >= 11 is 6.01. The highest BCUT2D eigenvalue weighted by Crippen LogP contribution is 2.38. The highest BCUT2D eigenvalue weighted by molar-refractivity contribution is 6.31. The molecule has 0 aromatic heterocycles. The van der Waals surface area contributed by atoms with Crippen LogP contribution >= 0.6 is 11.6 Å². The summed E-state index contributed by atoms with van der Waals surface area (Å²) < 4.78 is 19.3. The van der Waals surface area contributed by atoms with Gasteiger partial charge in [-0.1, -0.05) is 41.9 Å². The molecule has 0 fully saturated rings. The van der Waals surface area contributed by atoms with Gasteiger partial charge in [0.1, 0.15) is 18.2 Å². The maximum atomic E-state index is 13.6. The van der Waals surface area contributed by atoms with Crippen molar-refractivity contribution in [1.82, 2.24) is 0 Å². The van der Waals surface area contributed by atoms with Gasteiger partial charge < -0.3 is 4.74 Å². The van der Waals surface area contributed by atoms with Crippen LogP contribution in [0, 0.1) is 22.6 Å². The number of ether oxygens (including phenoxy) is 1. The zero-order chi connectivity index (χ0) is 14.9. The molecule has 106 valence electrons. The number of para-hydroxylation sites is 1. The molecule has 0 spiro atoms. The minimum absolute atomic E-state index is 0.0889. The first-order chi connectivity index (χ1) is 10.1. The average molecular weight is 302 g/mol. The lowest BCUT2D eigenvalue weighted by Crippen LogP contribution is -2.35. The van der Waals surface area contributed by atoms with E-state index in [1.807, 2.05) is 24.3 Å². The Morgan fingerprint density at radius 2 is 2.05 bits per heavy atom. The summed E-state index contributed by atoms with van der Waals surface area (Å²) in [6, 6.07) is 14.7. The van der Waals surface area contributed by atoms with Crippen LogP contribution in [0.3, 0.4) is 0 Å². The molecule has 4 heteroatoms. The Morgan fingerprint density at radius 1 is 1.24 bits per heavy atom. The average Bonchev–Trinajstić information content (AvgIpc) is 2.52. The van der Waals surface area contributed by atoms with Crippen molar-refractivity contribution in [3.8, 4) is 11.8 Å². The van der Waals surface area contributed by atoms with Crippen LogP contribution in [-0.4, -0.2) is 6.61 Å². The molecule has 0 aliphatic carbocycles. The van der Waals surface area contributed by atoms with Gasteiger partial charge in [0.2, 0.25) is 0 Å². The van der Waals surface area contributed by atoms with Gasteiger partial charge >= 0.3 is 0 Å². The second-order valence-electron chi connectivity index (χ2n) is 5.36. The molecule has 1 aliphatic rings. The van der Waals surface area contributed by atoms with Crippen LogP contribution in [-0.2, 0) is 12.8 Å². The van der Waals surface area contributed by atoms with Crippen molar-refractivity contribution in [3.05, 3.63) is 64.4 Å². The van der Waals surface area contributed by atoms with Gasteiger partial charge in [0.15, 0.2) is 0 Å². The van der Waals surface area contributed by atoms with Gasteiger partial charge in [0, 0.05) is 0 Å². The van der Waals surface area contributed by atoms with E-state index in [1.54, 1.807) is 12.1 Å². The molecule has 0 saturated heterocycles. The zero-order valence-electron chi connectivity index (χ0n) is 11.3. The fraction of sp³-hybridized carbons (Fsp3) is 0.235. The van der Waals surface area contributed by atoms with E-state index < -0.39 is 11.2 Å². The Kier molecular flexibility index (Phi) is 3.57. The Balaban J connectivity index is 1.93. The van der Waals surface area contributed by atoms with Gasteiger partial charge in [-0.2, -0.15) is 5.26 Å². The molecular formula is C17H13ClFNO. The number of hydrogen-bond donors (Lipinski definition) is 0. The molecule has 1 unspecified atom stereocenters. The summed E-state index contributed by atoms with van der Waals surface area (Å²) in [5.41, 5.74) is 0.922. The van der Waals surface area contributed by atoms with E-state index in [4.69, 9.17) is 16.3 Å². The van der Waals surface area contributed by atoms with E-state index in [1.165, 1.54) is 6.07 Å². The van der Waals surface area contributed by atoms with Crippen LogP contribution in [0.4, 0.5) is 4.39 Å². The first kappa shape index (κ1) is 13.9. The quantitative estimate of drug-likeness (QED) is 0.834. The molecule has 21 heavy (non-hydrogen) atoms. The van der Waals surface area contributed by atoms with E-state index in [9.17, 15) is 9.65 Å². The summed E-state index contributed by atoms with van der Waals surface area (Å²) in [5, 5.41) is 9.71. The minimum atomic E-state index is -0.716. The highest BCUT2D eigenvalue weighted by Gasteiger charge is 2.37. The van der Waals surface area contributed by atoms with Crippen molar-refractivity contribution in [1.29, 1.82) is 5.26 Å². The monoisotopic (exact) mass is 301 g/mol. The largest absolute Gasteiger partial charge is 0.492 e. The van der Waals surface area contributed by atoms with Crippen molar-refractivity contribution < 1.29 is 9.13 Å². The smallest absolute Gasteiger partial charge is 0.142 e. The van der Waals surface area contributed by atoms with Crippen molar-refractivity contribution in [2.24, 2.45) is 5.41 Å². The molecular weight excluding hydrogens is 289 g/mol. The Morgan fingerprint density at radius 3 is 2.86 bits per heavy atom. The van der Waals surface area contributed by atoms with Gasteiger partial charge in [-0.05, 0) is 36.1 Å². The molecule has 1 atom stereocenters. The SMILES string of the molecule is N#CC1(Cc2cccc(F)c2Cl)COc2ccccc2C1. The van der Waals surface area contributed by atoms with E-state index in [-0.39, 0.29) is 11.6 Å². The number of benzene rings is 2. The molecule has 3 rings (SSSR count). The van der Waals surface area contributed by atoms with Crippen molar-refractivity contribution in [2.75, 3.05) is 6.61 Å². The van der Waals surface area contributed by atoms with Gasteiger partial charge in [-0.3, -0.25) is 0 Å². The number of fused-ring (bicyclic) bond motifs is 1. The summed E-state index contributed by atoms with van der Waals surface area (Å²) in [7, 11) is 0. The van der Waals surface area contributed by atoms with E-state index in [0.717, 1.165) is 11.3 Å². The van der Waals surface area contributed by atoms with E-state index in [0.29, 0.717) is 18.4 Å².